The van der Waals surface area contributed by atoms with Crippen molar-refractivity contribution in [3.05, 3.63) is 27.3 Å². The summed E-state index contributed by atoms with van der Waals surface area (Å²) in [5.41, 5.74) is 0. The van der Waals surface area contributed by atoms with Crippen molar-refractivity contribution in [1.29, 1.82) is 0 Å². The van der Waals surface area contributed by atoms with Gasteiger partial charge in [0.2, 0.25) is 5.82 Å². The van der Waals surface area contributed by atoms with Crippen LogP contribution in [0.4, 0.5) is 5.82 Å². The van der Waals surface area contributed by atoms with Crippen molar-refractivity contribution in [3.63, 3.8) is 0 Å². The van der Waals surface area contributed by atoms with Crippen LogP contribution in [0.25, 0.3) is 0 Å². The monoisotopic (exact) mass is 513 g/mol. The number of rotatable bonds is 9. The maximum Gasteiger partial charge on any atom is 0.277 e. The van der Waals surface area contributed by atoms with Gasteiger partial charge in [0.15, 0.2) is 0 Å². The molecule has 27 heavy (non-hydrogen) atoms. The Morgan fingerprint density at radius 3 is 2.59 bits per heavy atom. The fourth-order valence-corrected chi connectivity index (χ4v) is 5.89. The lowest BCUT2D eigenvalue weighted by atomic mass is 10.6. The Balaban J connectivity index is 2.37. The van der Waals surface area contributed by atoms with E-state index in [0.717, 1.165) is 21.7 Å². The molecule has 0 saturated carbocycles. The summed E-state index contributed by atoms with van der Waals surface area (Å²) in [7, 11) is -3.84. The van der Waals surface area contributed by atoms with Crippen LogP contribution in [-0.4, -0.2) is 46.9 Å². The summed E-state index contributed by atoms with van der Waals surface area (Å²) in [6.45, 7) is 6.93. The van der Waals surface area contributed by atoms with Crippen LogP contribution >= 0.6 is 38.9 Å². The molecule has 7 nitrogen and oxygen atoms in total. The number of thiophene rings is 1. The standard InChI is InChI=1S/C15H21BrClN3O4S2Si/c1-23-15-14(18-9-11(16)19-15)20(10-24-7-8-27(2,3)4)26(21,22)13-6-5-12(17)25-13/h5-6,9H,7-8,10H2,1-4H3. The summed E-state index contributed by atoms with van der Waals surface area (Å²) in [5, 5.41) is 0. The molecule has 0 spiro atoms. The lowest BCUT2D eigenvalue weighted by Gasteiger charge is -2.24. The minimum Gasteiger partial charge on any atom is -0.478 e. The second-order valence-corrected chi connectivity index (χ2v) is 17.0. The molecule has 0 N–H and O–H groups in total. The summed E-state index contributed by atoms with van der Waals surface area (Å²) >= 11 is 10.1. The van der Waals surface area contributed by atoms with Gasteiger partial charge in [-0.3, -0.25) is 0 Å². The average Bonchev–Trinajstić information content (AvgIpc) is 3.01. The quantitative estimate of drug-likeness (QED) is 0.279. The van der Waals surface area contributed by atoms with E-state index in [0.29, 0.717) is 15.5 Å². The largest absolute Gasteiger partial charge is 0.478 e. The lowest BCUT2D eigenvalue weighted by molar-refractivity contribution is 0.155. The van der Waals surface area contributed by atoms with Crippen LogP contribution < -0.4 is 9.04 Å². The molecule has 0 aliphatic rings. The van der Waals surface area contributed by atoms with Crippen LogP contribution in [0.15, 0.2) is 27.1 Å². The molecule has 0 radical (unpaired) electrons. The molecule has 2 aromatic rings. The molecule has 0 bridgehead atoms. The van der Waals surface area contributed by atoms with Gasteiger partial charge in [-0.25, -0.2) is 22.7 Å². The predicted molar refractivity (Wildman–Crippen MR) is 114 cm³/mol. The zero-order chi connectivity index (χ0) is 20.2. The van der Waals surface area contributed by atoms with Gasteiger partial charge in [0.25, 0.3) is 15.9 Å². The van der Waals surface area contributed by atoms with E-state index in [-0.39, 0.29) is 22.6 Å². The highest BCUT2D eigenvalue weighted by molar-refractivity contribution is 9.10. The van der Waals surface area contributed by atoms with Crippen molar-refractivity contribution in [2.24, 2.45) is 0 Å². The van der Waals surface area contributed by atoms with E-state index in [9.17, 15) is 8.42 Å². The fraction of sp³-hybridized carbons (Fsp3) is 0.467. The van der Waals surface area contributed by atoms with E-state index < -0.39 is 18.1 Å². The van der Waals surface area contributed by atoms with Gasteiger partial charge in [-0.2, -0.15) is 0 Å². The number of sulfonamides is 1. The summed E-state index contributed by atoms with van der Waals surface area (Å²) in [6.07, 6.45) is 1.41. The molecule has 0 aromatic carbocycles. The third-order valence-corrected chi connectivity index (χ3v) is 8.92. The molecule has 0 aliphatic heterocycles. The summed E-state index contributed by atoms with van der Waals surface area (Å²) in [4.78, 5) is 8.34. The number of ether oxygens (including phenoxy) is 2. The summed E-state index contributed by atoms with van der Waals surface area (Å²) < 4.78 is 39.2. The molecule has 2 aromatic heterocycles. The third-order valence-electron chi connectivity index (χ3n) is 3.42. The van der Waals surface area contributed by atoms with Gasteiger partial charge in [-0.15, -0.1) is 11.3 Å². The average molecular weight is 515 g/mol. The van der Waals surface area contributed by atoms with Gasteiger partial charge in [0.1, 0.15) is 15.5 Å². The van der Waals surface area contributed by atoms with Gasteiger partial charge >= 0.3 is 0 Å². The predicted octanol–water partition coefficient (Wildman–Crippen LogP) is 4.47. The van der Waals surface area contributed by atoms with Crippen molar-refractivity contribution in [2.75, 3.05) is 24.8 Å². The molecule has 0 amide bonds. The molecule has 0 atom stereocenters. The molecular formula is C15H21BrClN3O4S2Si. The van der Waals surface area contributed by atoms with Crippen LogP contribution in [0.3, 0.4) is 0 Å². The minimum absolute atomic E-state index is 0.0539. The van der Waals surface area contributed by atoms with Gasteiger partial charge < -0.3 is 9.47 Å². The van der Waals surface area contributed by atoms with Gasteiger partial charge in [0, 0.05) is 14.7 Å². The first-order valence-electron chi connectivity index (χ1n) is 7.97. The van der Waals surface area contributed by atoms with Crippen molar-refractivity contribution in [1.82, 2.24) is 9.97 Å². The smallest absolute Gasteiger partial charge is 0.277 e. The van der Waals surface area contributed by atoms with Crippen molar-refractivity contribution < 1.29 is 17.9 Å². The Morgan fingerprint density at radius 2 is 2.04 bits per heavy atom. The lowest BCUT2D eigenvalue weighted by Crippen LogP contribution is -2.35. The highest BCUT2D eigenvalue weighted by atomic mass is 79.9. The first-order chi connectivity index (χ1) is 12.5. The molecule has 2 rings (SSSR count). The van der Waals surface area contributed by atoms with Crippen LogP contribution in [0.2, 0.25) is 30.0 Å². The topological polar surface area (TPSA) is 81.6 Å². The normalized spacial score (nSPS) is 12.2. The van der Waals surface area contributed by atoms with Gasteiger partial charge in [-0.1, -0.05) is 31.2 Å². The summed E-state index contributed by atoms with van der Waals surface area (Å²) in [6, 6.07) is 3.90. The Bertz CT molecular complexity index is 889. The van der Waals surface area contributed by atoms with E-state index in [1.165, 1.54) is 25.4 Å². The second kappa shape index (κ2) is 9.18. The van der Waals surface area contributed by atoms with Crippen LogP contribution in [0.1, 0.15) is 0 Å². The van der Waals surface area contributed by atoms with E-state index in [1.807, 2.05) is 0 Å². The van der Waals surface area contributed by atoms with Crippen molar-refractivity contribution in [3.8, 4) is 5.88 Å². The SMILES string of the molecule is COc1nc(Br)cnc1N(COCC[Si](C)(C)C)S(=O)(=O)c1ccc(Cl)s1. The molecule has 150 valence electrons. The van der Waals surface area contributed by atoms with E-state index in [1.54, 1.807) is 0 Å². The van der Waals surface area contributed by atoms with Crippen LogP contribution in [0, 0.1) is 0 Å². The Morgan fingerprint density at radius 1 is 1.33 bits per heavy atom. The fourth-order valence-electron chi connectivity index (χ4n) is 1.97. The molecule has 12 heteroatoms. The highest BCUT2D eigenvalue weighted by Crippen LogP contribution is 2.33. The zero-order valence-electron chi connectivity index (χ0n) is 15.4. The van der Waals surface area contributed by atoms with Crippen molar-refractivity contribution in [2.45, 2.75) is 29.9 Å². The van der Waals surface area contributed by atoms with Gasteiger partial charge in [0.05, 0.1) is 17.6 Å². The van der Waals surface area contributed by atoms with E-state index in [4.69, 9.17) is 21.1 Å². The van der Waals surface area contributed by atoms with Crippen molar-refractivity contribution >= 4 is 62.8 Å². The number of nitrogens with zero attached hydrogens (tertiary/aromatic N) is 3. The van der Waals surface area contributed by atoms with Crippen LogP contribution in [-0.2, 0) is 14.8 Å². The second-order valence-electron chi connectivity index (χ2n) is 6.79. The maximum atomic E-state index is 13.2. The molecule has 2 heterocycles. The molecule has 0 fully saturated rings. The van der Waals surface area contributed by atoms with Gasteiger partial charge in [-0.05, 0) is 34.1 Å². The number of hydrogen-bond donors (Lipinski definition) is 0. The number of methoxy groups -OCH3 is 1. The Labute approximate surface area is 177 Å². The minimum atomic E-state index is -3.94. The molecule has 0 aliphatic carbocycles. The number of aromatic nitrogens is 2. The van der Waals surface area contributed by atoms with E-state index >= 15 is 0 Å². The molecule has 0 unspecified atom stereocenters. The third kappa shape index (κ3) is 6.13. The first-order valence-corrected chi connectivity index (χ1v) is 15.1. The maximum absolute atomic E-state index is 13.2. The first kappa shape index (κ1) is 22.6. The van der Waals surface area contributed by atoms with E-state index in [2.05, 4.69) is 45.5 Å². The Kier molecular flexibility index (Phi) is 7.67. The highest BCUT2D eigenvalue weighted by Gasteiger charge is 2.31. The summed E-state index contributed by atoms with van der Waals surface area (Å²) in [5.74, 6) is 0.127. The molecule has 0 saturated heterocycles. The Hall–Kier alpha value is -0.723. The number of hydrogen-bond acceptors (Lipinski definition) is 7. The van der Waals surface area contributed by atoms with Crippen LogP contribution in [0.5, 0.6) is 5.88 Å². The molecular weight excluding hydrogens is 494 g/mol. The number of halogens is 2. The zero-order valence-corrected chi connectivity index (χ0v) is 20.4. The number of anilines is 1.